The Morgan fingerprint density at radius 2 is 1.95 bits per heavy atom. The van der Waals surface area contributed by atoms with Crippen molar-refractivity contribution in [1.82, 2.24) is 10.2 Å². The summed E-state index contributed by atoms with van der Waals surface area (Å²) in [6.45, 7) is 4.21. The van der Waals surface area contributed by atoms with Gasteiger partial charge < -0.3 is 10.2 Å². The van der Waals surface area contributed by atoms with Crippen LogP contribution >= 0.6 is 0 Å². The minimum absolute atomic E-state index is 0.318. The summed E-state index contributed by atoms with van der Waals surface area (Å²) in [7, 11) is 0. The van der Waals surface area contributed by atoms with Crippen LogP contribution in [0.5, 0.6) is 0 Å². The van der Waals surface area contributed by atoms with Crippen molar-refractivity contribution in [3.8, 4) is 0 Å². The highest BCUT2D eigenvalue weighted by Gasteiger charge is 2.37. The van der Waals surface area contributed by atoms with Crippen LogP contribution in [0.1, 0.15) is 42.4 Å². The lowest BCUT2D eigenvalue weighted by atomic mass is 9.78. The summed E-state index contributed by atoms with van der Waals surface area (Å²) >= 11 is 0. The molecule has 2 fully saturated rings. The van der Waals surface area contributed by atoms with Gasteiger partial charge in [-0.2, -0.15) is 0 Å². The summed E-state index contributed by atoms with van der Waals surface area (Å²) in [6, 6.07) is 6.67. The van der Waals surface area contributed by atoms with Gasteiger partial charge in [-0.3, -0.25) is 4.79 Å². The molecular weight excluding hydrogens is 272 g/mol. The van der Waals surface area contributed by atoms with Crippen molar-refractivity contribution < 1.29 is 4.79 Å². The first-order chi connectivity index (χ1) is 10.7. The highest BCUT2D eigenvalue weighted by Crippen LogP contribution is 2.37. The number of rotatable bonds is 2. The number of nitrogens with one attached hydrogen (secondary N) is 1. The lowest BCUT2D eigenvalue weighted by molar-refractivity contribution is -0.132. The monoisotopic (exact) mass is 298 g/mol. The van der Waals surface area contributed by atoms with Gasteiger partial charge in [0.2, 0.25) is 5.91 Å². The van der Waals surface area contributed by atoms with E-state index in [4.69, 9.17) is 0 Å². The fraction of sp³-hybridized carbons (Fsp3) is 0.632. The second-order valence-electron chi connectivity index (χ2n) is 7.44. The molecule has 0 radical (unpaired) electrons. The number of carbonyl (C=O) groups is 1. The number of likely N-dealkylation sites (tertiary alicyclic amines) is 1. The smallest absolute Gasteiger partial charge is 0.226 e. The highest BCUT2D eigenvalue weighted by atomic mass is 16.2. The zero-order chi connectivity index (χ0) is 15.0. The highest BCUT2D eigenvalue weighted by molar-refractivity contribution is 5.79. The van der Waals surface area contributed by atoms with Gasteiger partial charge in [-0.25, -0.2) is 0 Å². The quantitative estimate of drug-likeness (QED) is 0.909. The van der Waals surface area contributed by atoms with E-state index in [0.29, 0.717) is 17.7 Å². The molecule has 2 saturated heterocycles. The van der Waals surface area contributed by atoms with Gasteiger partial charge in [0.1, 0.15) is 0 Å². The van der Waals surface area contributed by atoms with Gasteiger partial charge in [-0.15, -0.1) is 0 Å². The second-order valence-corrected chi connectivity index (χ2v) is 7.44. The van der Waals surface area contributed by atoms with E-state index < -0.39 is 0 Å². The van der Waals surface area contributed by atoms with E-state index in [0.717, 1.165) is 26.2 Å². The van der Waals surface area contributed by atoms with Gasteiger partial charge in [0.15, 0.2) is 0 Å². The van der Waals surface area contributed by atoms with Crippen molar-refractivity contribution in [1.29, 1.82) is 0 Å². The third-order valence-corrected chi connectivity index (χ3v) is 6.03. The van der Waals surface area contributed by atoms with Crippen LogP contribution in [0, 0.1) is 5.41 Å². The van der Waals surface area contributed by atoms with Gasteiger partial charge in [0.05, 0.1) is 6.42 Å². The van der Waals surface area contributed by atoms with Crippen molar-refractivity contribution in [3.05, 3.63) is 34.9 Å². The molecule has 1 N–H and O–H groups in total. The van der Waals surface area contributed by atoms with E-state index in [1.165, 1.54) is 55.2 Å². The van der Waals surface area contributed by atoms with Gasteiger partial charge in [-0.05, 0) is 67.2 Å². The molecular formula is C19H26N2O. The van der Waals surface area contributed by atoms with Crippen molar-refractivity contribution in [2.45, 2.75) is 44.9 Å². The summed E-state index contributed by atoms with van der Waals surface area (Å²) in [4.78, 5) is 14.7. The molecule has 22 heavy (non-hydrogen) atoms. The number of benzene rings is 1. The number of carbonyl (C=O) groups excluding carboxylic acids is 1. The normalized spacial score (nSPS) is 23.0. The standard InChI is InChI=1S/C19H26N2O/c22-18(13-15-4-5-16-2-1-3-17(16)12-15)21-10-7-19(8-11-21)6-9-20-14-19/h4-5,12,20H,1-3,6-11,13-14H2. The molecule has 118 valence electrons. The van der Waals surface area contributed by atoms with E-state index in [9.17, 15) is 4.79 Å². The molecule has 4 rings (SSSR count). The van der Waals surface area contributed by atoms with Crippen LogP contribution in [0.4, 0.5) is 0 Å². The maximum absolute atomic E-state index is 12.6. The lowest BCUT2D eigenvalue weighted by Crippen LogP contribution is -2.44. The molecule has 0 unspecified atom stereocenters. The fourth-order valence-corrected chi connectivity index (χ4v) is 4.47. The van der Waals surface area contributed by atoms with Crippen molar-refractivity contribution in [2.24, 2.45) is 5.41 Å². The number of fused-ring (bicyclic) bond motifs is 1. The Hall–Kier alpha value is -1.35. The zero-order valence-corrected chi connectivity index (χ0v) is 13.4. The summed E-state index contributed by atoms with van der Waals surface area (Å²) < 4.78 is 0. The first-order valence-electron chi connectivity index (χ1n) is 8.83. The number of amides is 1. The zero-order valence-electron chi connectivity index (χ0n) is 13.4. The molecule has 0 aromatic heterocycles. The van der Waals surface area contributed by atoms with Crippen LogP contribution < -0.4 is 5.32 Å². The van der Waals surface area contributed by atoms with Crippen LogP contribution in [-0.4, -0.2) is 37.0 Å². The van der Waals surface area contributed by atoms with Crippen molar-refractivity contribution in [3.63, 3.8) is 0 Å². The first-order valence-corrected chi connectivity index (χ1v) is 8.83. The second kappa shape index (κ2) is 5.69. The van der Waals surface area contributed by atoms with Crippen LogP contribution in [0.15, 0.2) is 18.2 Å². The Bertz CT molecular complexity index is 565. The molecule has 1 amide bonds. The fourth-order valence-electron chi connectivity index (χ4n) is 4.47. The third kappa shape index (κ3) is 2.67. The number of hydrogen-bond donors (Lipinski definition) is 1. The van der Waals surface area contributed by atoms with Gasteiger partial charge in [-0.1, -0.05) is 18.2 Å². The third-order valence-electron chi connectivity index (χ3n) is 6.03. The average molecular weight is 298 g/mol. The van der Waals surface area contributed by atoms with Crippen molar-refractivity contribution >= 4 is 5.91 Å². The van der Waals surface area contributed by atoms with Crippen LogP contribution in [0.25, 0.3) is 0 Å². The largest absolute Gasteiger partial charge is 0.342 e. The summed E-state index contributed by atoms with van der Waals surface area (Å²) in [5.41, 5.74) is 4.66. The van der Waals surface area contributed by atoms with E-state index in [-0.39, 0.29) is 0 Å². The number of aryl methyl sites for hydroxylation is 2. The minimum Gasteiger partial charge on any atom is -0.342 e. The first kappa shape index (κ1) is 14.3. The van der Waals surface area contributed by atoms with E-state index in [1.807, 2.05) is 0 Å². The minimum atomic E-state index is 0.318. The van der Waals surface area contributed by atoms with Crippen LogP contribution in [-0.2, 0) is 24.1 Å². The molecule has 3 nitrogen and oxygen atoms in total. The molecule has 3 aliphatic rings. The van der Waals surface area contributed by atoms with E-state index in [1.54, 1.807) is 0 Å². The van der Waals surface area contributed by atoms with E-state index in [2.05, 4.69) is 28.4 Å². The predicted octanol–water partition coefficient (Wildman–Crippen LogP) is 2.32. The predicted molar refractivity (Wildman–Crippen MR) is 87.9 cm³/mol. The summed E-state index contributed by atoms with van der Waals surface area (Å²) in [6.07, 6.45) is 7.90. The van der Waals surface area contributed by atoms with Crippen LogP contribution in [0.3, 0.4) is 0 Å². The molecule has 2 heterocycles. The Morgan fingerprint density at radius 3 is 2.73 bits per heavy atom. The summed E-state index contributed by atoms with van der Waals surface area (Å²) in [5.74, 6) is 0.318. The SMILES string of the molecule is O=C(Cc1ccc2c(c1)CCC2)N1CCC2(CCNC2)CC1. The maximum atomic E-state index is 12.6. The Labute approximate surface area is 133 Å². The van der Waals surface area contributed by atoms with Gasteiger partial charge in [0.25, 0.3) is 0 Å². The molecule has 2 aliphatic heterocycles. The Balaban J connectivity index is 1.36. The molecule has 1 spiro atoms. The average Bonchev–Trinajstić information content (AvgIpc) is 3.17. The lowest BCUT2D eigenvalue weighted by Gasteiger charge is -2.39. The molecule has 1 aromatic carbocycles. The van der Waals surface area contributed by atoms with Gasteiger partial charge >= 0.3 is 0 Å². The maximum Gasteiger partial charge on any atom is 0.226 e. The number of hydrogen-bond acceptors (Lipinski definition) is 2. The molecule has 1 aromatic rings. The van der Waals surface area contributed by atoms with Gasteiger partial charge in [0, 0.05) is 19.6 Å². The van der Waals surface area contributed by atoms with E-state index >= 15 is 0 Å². The topological polar surface area (TPSA) is 32.3 Å². The van der Waals surface area contributed by atoms with Crippen LogP contribution in [0.2, 0.25) is 0 Å². The molecule has 1 aliphatic carbocycles. The molecule has 0 saturated carbocycles. The number of nitrogens with zero attached hydrogens (tertiary/aromatic N) is 1. The number of piperidine rings is 1. The Kier molecular flexibility index (Phi) is 3.69. The Morgan fingerprint density at radius 1 is 1.14 bits per heavy atom. The summed E-state index contributed by atoms with van der Waals surface area (Å²) in [5, 5.41) is 3.49. The molecule has 0 atom stereocenters. The van der Waals surface area contributed by atoms with Crippen molar-refractivity contribution in [2.75, 3.05) is 26.2 Å². The molecule has 3 heteroatoms. The molecule has 0 bridgehead atoms.